The molecule has 0 bridgehead atoms. The Bertz CT molecular complexity index is 1740. The molecule has 6 N–H and O–H groups in total. The van der Waals surface area contributed by atoms with E-state index in [1.54, 1.807) is 30.3 Å². The second-order valence-corrected chi connectivity index (χ2v) is 9.54. The Balaban J connectivity index is 1.74. The first-order valence-corrected chi connectivity index (χ1v) is 12.0. The zero-order chi connectivity index (χ0) is 26.7. The quantitative estimate of drug-likeness (QED) is 0.174. The van der Waals surface area contributed by atoms with Crippen LogP contribution in [0.2, 0.25) is 0 Å². The second kappa shape index (κ2) is 8.52. The fourth-order valence-corrected chi connectivity index (χ4v) is 5.67. The van der Waals surface area contributed by atoms with Gasteiger partial charge >= 0.3 is 0 Å². The van der Waals surface area contributed by atoms with E-state index in [1.165, 1.54) is 31.4 Å². The number of ether oxygens (including phenoxy) is 1. The maximum absolute atomic E-state index is 11.0. The fourth-order valence-electron chi connectivity index (χ4n) is 5.67. The molecule has 7 heteroatoms. The van der Waals surface area contributed by atoms with Gasteiger partial charge in [-0.25, -0.2) is 0 Å². The summed E-state index contributed by atoms with van der Waals surface area (Å²) in [5.74, 6) is -0.246. The number of phenols is 6. The molecule has 1 aliphatic rings. The molecule has 0 radical (unpaired) electrons. The first-order chi connectivity index (χ1) is 18.2. The van der Waals surface area contributed by atoms with Crippen LogP contribution in [-0.2, 0) is 6.42 Å². The lowest BCUT2D eigenvalue weighted by atomic mass is 9.72. The summed E-state index contributed by atoms with van der Waals surface area (Å²) in [5, 5.41) is 63.8. The van der Waals surface area contributed by atoms with Gasteiger partial charge in [-0.3, -0.25) is 0 Å². The van der Waals surface area contributed by atoms with Gasteiger partial charge < -0.3 is 35.4 Å². The Labute approximate surface area is 217 Å². The molecule has 1 atom stereocenters. The summed E-state index contributed by atoms with van der Waals surface area (Å²) in [6.45, 7) is 0. The highest BCUT2D eigenvalue weighted by Crippen LogP contribution is 2.53. The molecule has 0 saturated heterocycles. The smallest absolute Gasteiger partial charge is 0.160 e. The minimum atomic E-state index is -0.258. The number of hydrogen-bond acceptors (Lipinski definition) is 7. The van der Waals surface area contributed by atoms with Crippen molar-refractivity contribution in [2.45, 2.75) is 12.3 Å². The monoisotopic (exact) mass is 508 g/mol. The van der Waals surface area contributed by atoms with Gasteiger partial charge in [-0.05, 0) is 99.1 Å². The molecular weight excluding hydrogens is 484 g/mol. The van der Waals surface area contributed by atoms with Crippen molar-refractivity contribution in [1.82, 2.24) is 0 Å². The standard InChI is InChI=1S/C31H24O7/c1-38-29-10-15(2-5-27(29)36)24-9-17-8-21(35)13-28(37)30(17)26-14-23(16-6-19(33)11-20(34)7-16)25-12-18(32)3-4-22(25)31(24)26/h2-8,10-14,24,32-37H,9H2,1H3. The highest BCUT2D eigenvalue weighted by Gasteiger charge is 2.32. The third-order valence-corrected chi connectivity index (χ3v) is 7.21. The average molecular weight is 509 g/mol. The molecule has 6 rings (SSSR count). The van der Waals surface area contributed by atoms with E-state index in [4.69, 9.17) is 4.74 Å². The summed E-state index contributed by atoms with van der Waals surface area (Å²) in [6, 6.07) is 19.3. The van der Waals surface area contributed by atoms with E-state index in [0.717, 1.165) is 22.1 Å². The van der Waals surface area contributed by atoms with E-state index in [0.29, 0.717) is 39.8 Å². The molecular formula is C31H24O7. The van der Waals surface area contributed by atoms with Gasteiger partial charge in [0.15, 0.2) is 11.5 Å². The van der Waals surface area contributed by atoms with E-state index >= 15 is 0 Å². The maximum atomic E-state index is 11.0. The molecule has 0 aromatic heterocycles. The van der Waals surface area contributed by atoms with Crippen LogP contribution in [0, 0.1) is 0 Å². The van der Waals surface area contributed by atoms with Gasteiger partial charge in [-0.15, -0.1) is 0 Å². The second-order valence-electron chi connectivity index (χ2n) is 9.54. The predicted molar refractivity (Wildman–Crippen MR) is 143 cm³/mol. The van der Waals surface area contributed by atoms with Crippen molar-refractivity contribution in [1.29, 1.82) is 0 Å². The molecule has 0 heterocycles. The van der Waals surface area contributed by atoms with Crippen LogP contribution in [0.15, 0.2) is 72.8 Å². The summed E-state index contributed by atoms with van der Waals surface area (Å²) in [7, 11) is 1.48. The summed E-state index contributed by atoms with van der Waals surface area (Å²) >= 11 is 0. The molecule has 38 heavy (non-hydrogen) atoms. The first-order valence-electron chi connectivity index (χ1n) is 12.0. The van der Waals surface area contributed by atoms with Gasteiger partial charge in [0.1, 0.15) is 28.7 Å². The lowest BCUT2D eigenvalue weighted by molar-refractivity contribution is 0.372. The molecule has 190 valence electrons. The molecule has 0 fully saturated rings. The molecule has 0 aliphatic heterocycles. The topological polar surface area (TPSA) is 131 Å². The molecule has 0 amide bonds. The highest BCUT2D eigenvalue weighted by molar-refractivity contribution is 6.05. The molecule has 0 saturated carbocycles. The van der Waals surface area contributed by atoms with E-state index in [2.05, 4.69) is 0 Å². The number of hydrogen-bond donors (Lipinski definition) is 6. The number of rotatable bonds is 3. The maximum Gasteiger partial charge on any atom is 0.160 e. The minimum Gasteiger partial charge on any atom is -0.508 e. The van der Waals surface area contributed by atoms with Gasteiger partial charge in [0.25, 0.3) is 0 Å². The van der Waals surface area contributed by atoms with Crippen molar-refractivity contribution in [2.24, 2.45) is 0 Å². The summed E-state index contributed by atoms with van der Waals surface area (Å²) in [4.78, 5) is 0. The number of benzene rings is 5. The van der Waals surface area contributed by atoms with Crippen molar-refractivity contribution in [3.8, 4) is 62.5 Å². The van der Waals surface area contributed by atoms with Crippen LogP contribution in [0.4, 0.5) is 0 Å². The van der Waals surface area contributed by atoms with Crippen LogP contribution in [-0.4, -0.2) is 37.7 Å². The van der Waals surface area contributed by atoms with E-state index < -0.39 is 0 Å². The zero-order valence-corrected chi connectivity index (χ0v) is 20.3. The summed E-state index contributed by atoms with van der Waals surface area (Å²) in [5.41, 5.74) is 4.89. The largest absolute Gasteiger partial charge is 0.508 e. The van der Waals surface area contributed by atoms with Crippen LogP contribution >= 0.6 is 0 Å². The van der Waals surface area contributed by atoms with Crippen LogP contribution in [0.5, 0.6) is 40.2 Å². The molecule has 7 nitrogen and oxygen atoms in total. The number of phenolic OH excluding ortho intramolecular Hbond substituents is 6. The van der Waals surface area contributed by atoms with E-state index in [9.17, 15) is 30.6 Å². The average Bonchev–Trinajstić information content (AvgIpc) is 2.86. The Hall–Kier alpha value is -5.04. The minimum absolute atomic E-state index is 0.0109. The SMILES string of the molecule is COc1cc(C2Cc3cc(O)cc(O)c3-c3cc(-c4cc(O)cc(O)c4)c4cc(O)ccc4c32)ccc1O. The lowest BCUT2D eigenvalue weighted by Gasteiger charge is -2.31. The molecule has 5 aromatic rings. The number of methoxy groups -OCH3 is 1. The van der Waals surface area contributed by atoms with E-state index in [1.807, 2.05) is 18.2 Å². The van der Waals surface area contributed by atoms with Gasteiger partial charge in [0, 0.05) is 23.6 Å². The molecule has 1 aliphatic carbocycles. The van der Waals surface area contributed by atoms with Crippen molar-refractivity contribution in [3.63, 3.8) is 0 Å². The third kappa shape index (κ3) is 3.67. The van der Waals surface area contributed by atoms with Crippen LogP contribution in [0.1, 0.15) is 22.6 Å². The molecule has 5 aromatic carbocycles. The van der Waals surface area contributed by atoms with Crippen molar-refractivity contribution >= 4 is 10.8 Å². The van der Waals surface area contributed by atoms with Gasteiger partial charge in [-0.2, -0.15) is 0 Å². The zero-order valence-electron chi connectivity index (χ0n) is 20.3. The number of aromatic hydroxyl groups is 6. The summed E-state index contributed by atoms with van der Waals surface area (Å²) < 4.78 is 5.36. The van der Waals surface area contributed by atoms with Crippen molar-refractivity contribution in [3.05, 3.63) is 89.5 Å². The Morgan fingerprint density at radius 2 is 1.37 bits per heavy atom. The van der Waals surface area contributed by atoms with Crippen LogP contribution in [0.3, 0.4) is 0 Å². The Morgan fingerprint density at radius 1 is 0.632 bits per heavy atom. The predicted octanol–water partition coefficient (Wildman–Crippen LogP) is 6.10. The fraction of sp³-hybridized carbons (Fsp3) is 0.0968. The highest BCUT2D eigenvalue weighted by atomic mass is 16.5. The third-order valence-electron chi connectivity index (χ3n) is 7.21. The molecule has 0 spiro atoms. The van der Waals surface area contributed by atoms with Crippen LogP contribution < -0.4 is 4.74 Å². The van der Waals surface area contributed by atoms with Crippen molar-refractivity contribution in [2.75, 3.05) is 7.11 Å². The van der Waals surface area contributed by atoms with Gasteiger partial charge in [0.05, 0.1) is 7.11 Å². The first kappa shape index (κ1) is 23.4. The van der Waals surface area contributed by atoms with Crippen LogP contribution in [0.25, 0.3) is 33.0 Å². The van der Waals surface area contributed by atoms with Gasteiger partial charge in [-0.1, -0.05) is 12.1 Å². The number of fused-ring (bicyclic) bond motifs is 5. The van der Waals surface area contributed by atoms with Gasteiger partial charge in [0.2, 0.25) is 0 Å². The summed E-state index contributed by atoms with van der Waals surface area (Å²) in [6.07, 6.45) is 0.445. The molecule has 1 unspecified atom stereocenters. The Kier molecular flexibility index (Phi) is 5.24. The lowest BCUT2D eigenvalue weighted by Crippen LogP contribution is -2.14. The Morgan fingerprint density at radius 3 is 2.11 bits per heavy atom. The normalized spacial score (nSPS) is 14.2. The van der Waals surface area contributed by atoms with Crippen molar-refractivity contribution < 1.29 is 35.4 Å². The van der Waals surface area contributed by atoms with E-state index in [-0.39, 0.29) is 40.4 Å².